The van der Waals surface area contributed by atoms with Gasteiger partial charge in [0.15, 0.2) is 0 Å². The number of aromatic nitrogens is 1. The van der Waals surface area contributed by atoms with E-state index in [4.69, 9.17) is 11.6 Å². The van der Waals surface area contributed by atoms with Gasteiger partial charge in [0, 0.05) is 11.6 Å². The van der Waals surface area contributed by atoms with Crippen LogP contribution in [0.1, 0.15) is 0 Å². The molecule has 17 heavy (non-hydrogen) atoms. The van der Waals surface area contributed by atoms with E-state index in [9.17, 15) is 0 Å². The first-order valence-corrected chi connectivity index (χ1v) is 5.82. The number of hydrogen-bond donors (Lipinski definition) is 0. The Morgan fingerprint density at radius 2 is 1.65 bits per heavy atom. The van der Waals surface area contributed by atoms with Gasteiger partial charge in [0.25, 0.3) is 0 Å². The van der Waals surface area contributed by atoms with Crippen molar-refractivity contribution < 1.29 is 0 Å². The Hall–Kier alpha value is -1.86. The SMILES string of the molecule is Clc1nccc2cc(-c3ccccc3)ccc12. The monoisotopic (exact) mass is 239 g/mol. The van der Waals surface area contributed by atoms with Gasteiger partial charge in [-0.05, 0) is 28.6 Å². The van der Waals surface area contributed by atoms with Crippen LogP contribution in [0.5, 0.6) is 0 Å². The Kier molecular flexibility index (Phi) is 2.54. The molecule has 0 N–H and O–H groups in total. The fraction of sp³-hybridized carbons (Fsp3) is 0. The maximum Gasteiger partial charge on any atom is 0.136 e. The van der Waals surface area contributed by atoms with Crippen molar-refractivity contribution in [3.05, 3.63) is 65.9 Å². The minimum Gasteiger partial charge on any atom is -0.244 e. The lowest BCUT2D eigenvalue weighted by Crippen LogP contribution is -1.81. The molecule has 2 heteroatoms. The second-order valence-electron chi connectivity index (χ2n) is 3.90. The summed E-state index contributed by atoms with van der Waals surface area (Å²) in [5.41, 5.74) is 2.41. The molecule has 0 bridgehead atoms. The molecule has 0 fully saturated rings. The summed E-state index contributed by atoms with van der Waals surface area (Å²) in [5, 5.41) is 2.67. The van der Waals surface area contributed by atoms with E-state index in [1.54, 1.807) is 6.20 Å². The summed E-state index contributed by atoms with van der Waals surface area (Å²) >= 11 is 6.04. The van der Waals surface area contributed by atoms with Crippen LogP contribution in [0.15, 0.2) is 60.8 Å². The zero-order valence-corrected chi connectivity index (χ0v) is 9.85. The molecule has 0 radical (unpaired) electrons. The molecule has 1 heterocycles. The lowest BCUT2D eigenvalue weighted by molar-refractivity contribution is 1.36. The molecule has 2 aromatic carbocycles. The molecular formula is C15H10ClN. The summed E-state index contributed by atoms with van der Waals surface area (Å²) in [6, 6.07) is 18.5. The van der Waals surface area contributed by atoms with E-state index in [1.807, 2.05) is 30.3 Å². The molecule has 0 saturated heterocycles. The third kappa shape index (κ3) is 1.90. The Morgan fingerprint density at radius 3 is 2.47 bits per heavy atom. The van der Waals surface area contributed by atoms with Crippen molar-refractivity contribution in [1.82, 2.24) is 4.98 Å². The summed E-state index contributed by atoms with van der Waals surface area (Å²) in [4.78, 5) is 4.08. The molecule has 0 atom stereocenters. The predicted octanol–water partition coefficient (Wildman–Crippen LogP) is 4.56. The molecule has 0 aliphatic carbocycles. The highest BCUT2D eigenvalue weighted by Gasteiger charge is 2.02. The van der Waals surface area contributed by atoms with Crippen LogP contribution in [0.4, 0.5) is 0 Å². The summed E-state index contributed by atoms with van der Waals surface area (Å²) in [6.45, 7) is 0. The van der Waals surface area contributed by atoms with Gasteiger partial charge in [0.1, 0.15) is 5.15 Å². The molecule has 0 amide bonds. The van der Waals surface area contributed by atoms with Crippen molar-refractivity contribution in [2.75, 3.05) is 0 Å². The molecule has 0 unspecified atom stereocenters. The van der Waals surface area contributed by atoms with Crippen LogP contribution in [0.2, 0.25) is 5.15 Å². The lowest BCUT2D eigenvalue weighted by Gasteiger charge is -2.04. The lowest BCUT2D eigenvalue weighted by atomic mass is 10.0. The van der Waals surface area contributed by atoms with E-state index in [0.717, 1.165) is 10.8 Å². The molecule has 0 saturated carbocycles. The van der Waals surface area contributed by atoms with E-state index in [0.29, 0.717) is 5.15 Å². The Bertz CT molecular complexity index is 662. The van der Waals surface area contributed by atoms with Gasteiger partial charge < -0.3 is 0 Å². The summed E-state index contributed by atoms with van der Waals surface area (Å²) in [6.07, 6.45) is 1.74. The molecule has 1 aromatic heterocycles. The van der Waals surface area contributed by atoms with E-state index in [2.05, 4.69) is 29.2 Å². The van der Waals surface area contributed by atoms with Gasteiger partial charge in [-0.15, -0.1) is 0 Å². The maximum atomic E-state index is 6.04. The first kappa shape index (κ1) is 10.3. The van der Waals surface area contributed by atoms with Crippen molar-refractivity contribution in [1.29, 1.82) is 0 Å². The largest absolute Gasteiger partial charge is 0.244 e. The van der Waals surface area contributed by atoms with E-state index >= 15 is 0 Å². The molecule has 3 aromatic rings. The quantitative estimate of drug-likeness (QED) is 0.568. The van der Waals surface area contributed by atoms with Gasteiger partial charge in [-0.25, -0.2) is 4.98 Å². The molecule has 82 valence electrons. The summed E-state index contributed by atoms with van der Waals surface area (Å²) in [5.74, 6) is 0. The molecule has 1 nitrogen and oxygen atoms in total. The van der Waals surface area contributed by atoms with E-state index in [-0.39, 0.29) is 0 Å². The van der Waals surface area contributed by atoms with E-state index < -0.39 is 0 Å². The molecular weight excluding hydrogens is 230 g/mol. The average Bonchev–Trinajstić information content (AvgIpc) is 2.40. The normalized spacial score (nSPS) is 10.6. The van der Waals surface area contributed by atoms with Gasteiger partial charge in [-0.2, -0.15) is 0 Å². The minimum absolute atomic E-state index is 0.558. The number of rotatable bonds is 1. The Balaban J connectivity index is 2.21. The van der Waals surface area contributed by atoms with Crippen LogP contribution < -0.4 is 0 Å². The number of halogens is 1. The molecule has 0 spiro atoms. The number of fused-ring (bicyclic) bond motifs is 1. The first-order chi connectivity index (χ1) is 8.34. The van der Waals surface area contributed by atoms with Crippen molar-refractivity contribution in [3.63, 3.8) is 0 Å². The highest BCUT2D eigenvalue weighted by molar-refractivity contribution is 6.34. The maximum absolute atomic E-state index is 6.04. The second-order valence-corrected chi connectivity index (χ2v) is 4.26. The van der Waals surface area contributed by atoms with Gasteiger partial charge >= 0.3 is 0 Å². The Labute approximate surface area is 105 Å². The minimum atomic E-state index is 0.558. The van der Waals surface area contributed by atoms with Gasteiger partial charge in [0.2, 0.25) is 0 Å². The molecule has 0 aliphatic heterocycles. The fourth-order valence-electron chi connectivity index (χ4n) is 1.95. The Morgan fingerprint density at radius 1 is 0.824 bits per heavy atom. The number of pyridine rings is 1. The van der Waals surface area contributed by atoms with Crippen molar-refractivity contribution in [3.8, 4) is 11.1 Å². The summed E-state index contributed by atoms with van der Waals surface area (Å²) in [7, 11) is 0. The van der Waals surface area contributed by atoms with Crippen LogP contribution in [0, 0.1) is 0 Å². The third-order valence-electron chi connectivity index (χ3n) is 2.82. The van der Waals surface area contributed by atoms with Gasteiger partial charge in [-0.3, -0.25) is 0 Å². The van der Waals surface area contributed by atoms with Gasteiger partial charge in [-0.1, -0.05) is 54.1 Å². The standard InChI is InChI=1S/C15H10ClN/c16-15-14-7-6-12(10-13(14)8-9-17-15)11-4-2-1-3-5-11/h1-10H. The smallest absolute Gasteiger partial charge is 0.136 e. The average molecular weight is 240 g/mol. The van der Waals surface area contributed by atoms with Crippen LogP contribution >= 0.6 is 11.6 Å². The number of hydrogen-bond acceptors (Lipinski definition) is 1. The highest BCUT2D eigenvalue weighted by Crippen LogP contribution is 2.27. The van der Waals surface area contributed by atoms with Crippen molar-refractivity contribution in [2.45, 2.75) is 0 Å². The molecule has 0 aliphatic rings. The van der Waals surface area contributed by atoms with Crippen LogP contribution in [0.3, 0.4) is 0 Å². The number of benzene rings is 2. The predicted molar refractivity (Wildman–Crippen MR) is 72.2 cm³/mol. The van der Waals surface area contributed by atoms with Crippen molar-refractivity contribution >= 4 is 22.4 Å². The fourth-order valence-corrected chi connectivity index (χ4v) is 2.18. The van der Waals surface area contributed by atoms with E-state index in [1.165, 1.54) is 11.1 Å². The highest BCUT2D eigenvalue weighted by atomic mass is 35.5. The third-order valence-corrected chi connectivity index (χ3v) is 3.12. The number of nitrogens with zero attached hydrogens (tertiary/aromatic N) is 1. The van der Waals surface area contributed by atoms with Gasteiger partial charge in [0.05, 0.1) is 0 Å². The second kappa shape index (κ2) is 4.19. The van der Waals surface area contributed by atoms with Crippen LogP contribution in [-0.2, 0) is 0 Å². The zero-order valence-electron chi connectivity index (χ0n) is 9.10. The van der Waals surface area contributed by atoms with Crippen molar-refractivity contribution in [2.24, 2.45) is 0 Å². The first-order valence-electron chi connectivity index (χ1n) is 5.44. The van der Waals surface area contributed by atoms with Crippen LogP contribution in [-0.4, -0.2) is 4.98 Å². The summed E-state index contributed by atoms with van der Waals surface area (Å²) < 4.78 is 0. The topological polar surface area (TPSA) is 12.9 Å². The molecule has 3 rings (SSSR count). The zero-order chi connectivity index (χ0) is 11.7. The van der Waals surface area contributed by atoms with Crippen LogP contribution in [0.25, 0.3) is 21.9 Å².